The maximum Gasteiger partial charge on any atom is 0.321 e. The van der Waals surface area contributed by atoms with Crippen LogP contribution in [0.2, 0.25) is 0 Å². The molecule has 0 bridgehead atoms. The van der Waals surface area contributed by atoms with E-state index in [2.05, 4.69) is 10.6 Å². The molecular weight excluding hydrogens is 497 g/mol. The van der Waals surface area contributed by atoms with Crippen molar-refractivity contribution in [3.05, 3.63) is 0 Å². The average Bonchev–Trinajstić information content (AvgIpc) is 2.67. The van der Waals surface area contributed by atoms with Gasteiger partial charge in [-0.25, -0.2) is 0 Å². The molecule has 1 aliphatic rings. The Labute approximate surface area is 227 Å². The molecule has 0 spiro atoms. The Morgan fingerprint density at radius 3 is 1.94 bits per heavy atom. The first-order valence-electron chi connectivity index (χ1n) is 12.6. The number of hydrogen-bond donors (Lipinski definition) is 4. The van der Waals surface area contributed by atoms with Crippen LogP contribution in [0.5, 0.6) is 0 Å². The molecule has 1 rings (SSSR count). The highest BCUT2D eigenvalue weighted by Crippen LogP contribution is 2.40. The summed E-state index contributed by atoms with van der Waals surface area (Å²) in [5.41, 5.74) is 4.36. The van der Waals surface area contributed by atoms with Gasteiger partial charge < -0.3 is 25.7 Å². The predicted octanol–water partition coefficient (Wildman–Crippen LogP) is 2.71. The van der Waals surface area contributed by atoms with E-state index >= 15 is 0 Å². The van der Waals surface area contributed by atoms with Gasteiger partial charge in [0.05, 0.1) is 17.3 Å². The number of aliphatic carboxylic acids is 1. The summed E-state index contributed by atoms with van der Waals surface area (Å²) < 4.78 is 5.90. The largest absolute Gasteiger partial charge is 0.480 e. The summed E-state index contributed by atoms with van der Waals surface area (Å²) in [5.74, 6) is -0.205. The van der Waals surface area contributed by atoms with Crippen LogP contribution in [0.1, 0.15) is 80.6 Å². The van der Waals surface area contributed by atoms with Gasteiger partial charge in [0.25, 0.3) is 0 Å². The lowest BCUT2D eigenvalue weighted by Crippen LogP contribution is -2.49. The number of thioether (sulfide) groups is 2. The first-order chi connectivity index (χ1) is 16.4. The molecule has 0 aromatic heterocycles. The molecule has 8 nitrogen and oxygen atoms in total. The lowest BCUT2D eigenvalue weighted by molar-refractivity contribution is -0.139. The van der Waals surface area contributed by atoms with Crippen LogP contribution in [0.4, 0.5) is 0 Å². The maximum atomic E-state index is 12.5. The van der Waals surface area contributed by atoms with E-state index in [-0.39, 0.29) is 23.4 Å². The number of ether oxygens (including phenoxy) is 1. The first-order valence-corrected chi connectivity index (χ1v) is 14.7. The standard InChI is InChI=1S/C25H46BN3O5S2/c1-23(2,3)29-17(22(32)33)15-36-19-9-8-18(19)35-14-16(21(26)31)28-20(30)10-11-25(6,7)34-13-12-24(4,5)27/h16-19,29H,8-15,27H2,1-7H3,(H,28,30)(H,32,33). The van der Waals surface area contributed by atoms with Gasteiger partial charge >= 0.3 is 5.97 Å². The van der Waals surface area contributed by atoms with Crippen LogP contribution in [-0.4, -0.2) is 87.9 Å². The van der Waals surface area contributed by atoms with E-state index in [1.54, 1.807) is 23.5 Å². The molecule has 4 atom stereocenters. The zero-order valence-electron chi connectivity index (χ0n) is 23.0. The highest BCUT2D eigenvalue weighted by Gasteiger charge is 2.34. The number of nitrogens with one attached hydrogen (secondary N) is 2. The monoisotopic (exact) mass is 543 g/mol. The van der Waals surface area contributed by atoms with Crippen molar-refractivity contribution in [1.29, 1.82) is 0 Å². The molecule has 206 valence electrons. The Kier molecular flexibility index (Phi) is 13.3. The number of nitrogens with two attached hydrogens (primary N) is 1. The van der Waals surface area contributed by atoms with Crippen LogP contribution in [0.25, 0.3) is 0 Å². The molecular formula is C25H46BN3O5S2. The van der Waals surface area contributed by atoms with Crippen LogP contribution in [-0.2, 0) is 19.1 Å². The SMILES string of the molecule is [B]C(=O)C(CSC1CCC1SCC(NC(C)(C)C)C(=O)O)NC(=O)CCC(C)(C)OCCC(C)(C)N. The zero-order chi connectivity index (χ0) is 27.7. The summed E-state index contributed by atoms with van der Waals surface area (Å²) in [7, 11) is 5.56. The van der Waals surface area contributed by atoms with Gasteiger partial charge in [-0.3, -0.25) is 14.9 Å². The fourth-order valence-corrected chi connectivity index (χ4v) is 6.63. The normalized spacial score (nSPS) is 20.3. The topological polar surface area (TPSA) is 131 Å². The third-order valence-corrected chi connectivity index (χ3v) is 9.09. The molecule has 1 fully saturated rings. The van der Waals surface area contributed by atoms with Gasteiger partial charge in [0.1, 0.15) is 6.04 Å². The number of carboxylic acids is 1. The van der Waals surface area contributed by atoms with E-state index in [1.165, 1.54) is 0 Å². The molecule has 0 aromatic rings. The predicted molar refractivity (Wildman–Crippen MR) is 151 cm³/mol. The fourth-order valence-electron chi connectivity index (χ4n) is 3.50. The smallest absolute Gasteiger partial charge is 0.321 e. The second-order valence-corrected chi connectivity index (χ2v) is 14.5. The molecule has 0 saturated heterocycles. The molecule has 36 heavy (non-hydrogen) atoms. The second-order valence-electron chi connectivity index (χ2n) is 12.0. The van der Waals surface area contributed by atoms with Gasteiger partial charge in [-0.2, -0.15) is 23.5 Å². The van der Waals surface area contributed by atoms with Crippen molar-refractivity contribution in [3.8, 4) is 0 Å². The fraction of sp³-hybridized carbons (Fsp3) is 0.880. The lowest BCUT2D eigenvalue weighted by atomic mass is 9.95. The molecule has 0 aliphatic heterocycles. The summed E-state index contributed by atoms with van der Waals surface area (Å²) in [5, 5.41) is 16.1. The minimum atomic E-state index is -0.853. The van der Waals surface area contributed by atoms with Crippen molar-refractivity contribution in [2.75, 3.05) is 18.1 Å². The third-order valence-electron chi connectivity index (χ3n) is 5.88. The van der Waals surface area contributed by atoms with Crippen molar-refractivity contribution in [2.45, 2.75) is 120 Å². The first kappa shape index (κ1) is 33.3. The zero-order valence-corrected chi connectivity index (χ0v) is 24.7. The Hall–Kier alpha value is -0.745. The average molecular weight is 544 g/mol. The maximum absolute atomic E-state index is 12.5. The third kappa shape index (κ3) is 14.3. The minimum absolute atomic E-state index is 0.229. The molecule has 1 saturated carbocycles. The Balaban J connectivity index is 2.46. The van der Waals surface area contributed by atoms with Gasteiger partial charge in [-0.1, -0.05) is 0 Å². The molecule has 0 aromatic carbocycles. The Bertz CT molecular complexity index is 740. The van der Waals surface area contributed by atoms with E-state index in [0.29, 0.717) is 41.5 Å². The van der Waals surface area contributed by atoms with Crippen molar-refractivity contribution in [2.24, 2.45) is 5.73 Å². The van der Waals surface area contributed by atoms with Crippen LogP contribution in [0, 0.1) is 0 Å². The van der Waals surface area contributed by atoms with E-state index in [9.17, 15) is 19.5 Å². The van der Waals surface area contributed by atoms with Gasteiger partial charge in [0.15, 0.2) is 7.85 Å². The number of carboxylic acid groups (broad SMARTS) is 1. The van der Waals surface area contributed by atoms with E-state index in [1.807, 2.05) is 48.5 Å². The lowest BCUT2D eigenvalue weighted by Gasteiger charge is -2.37. The number of rotatable bonds is 17. The Morgan fingerprint density at radius 1 is 1.00 bits per heavy atom. The minimum Gasteiger partial charge on any atom is -0.480 e. The summed E-state index contributed by atoms with van der Waals surface area (Å²) in [6, 6.07) is -1.36. The highest BCUT2D eigenvalue weighted by atomic mass is 32.2. The van der Waals surface area contributed by atoms with Crippen LogP contribution >= 0.6 is 23.5 Å². The summed E-state index contributed by atoms with van der Waals surface area (Å²) in [6.45, 7) is 14.1. The molecule has 5 N–H and O–H groups in total. The summed E-state index contributed by atoms with van der Waals surface area (Å²) >= 11 is 3.27. The van der Waals surface area contributed by atoms with Crippen LogP contribution in [0.3, 0.4) is 0 Å². The van der Waals surface area contributed by atoms with Crippen molar-refractivity contribution >= 4 is 48.9 Å². The van der Waals surface area contributed by atoms with Crippen molar-refractivity contribution in [1.82, 2.24) is 10.6 Å². The molecule has 4 unspecified atom stereocenters. The summed E-state index contributed by atoms with van der Waals surface area (Å²) in [4.78, 5) is 36.1. The van der Waals surface area contributed by atoms with Gasteiger partial charge in [-0.05, 0) is 74.1 Å². The number of amides is 1. The molecule has 0 heterocycles. The Morgan fingerprint density at radius 2 is 1.53 bits per heavy atom. The number of hydrogen-bond acceptors (Lipinski definition) is 8. The number of carbonyl (C=O) groups excluding carboxylic acids is 2. The van der Waals surface area contributed by atoms with Gasteiger partial charge in [0, 0.05) is 46.1 Å². The van der Waals surface area contributed by atoms with E-state index in [0.717, 1.165) is 12.8 Å². The molecule has 2 radical (unpaired) electrons. The van der Waals surface area contributed by atoms with E-state index in [4.69, 9.17) is 18.3 Å². The van der Waals surface area contributed by atoms with E-state index < -0.39 is 29.3 Å². The second kappa shape index (κ2) is 14.4. The van der Waals surface area contributed by atoms with Gasteiger partial charge in [-0.15, -0.1) is 0 Å². The van der Waals surface area contributed by atoms with Crippen molar-refractivity contribution in [3.63, 3.8) is 0 Å². The highest BCUT2D eigenvalue weighted by molar-refractivity contribution is 8.04. The molecule has 11 heteroatoms. The molecule has 1 aliphatic carbocycles. The quantitative estimate of drug-likeness (QED) is 0.205. The summed E-state index contributed by atoms with van der Waals surface area (Å²) in [6.07, 6.45) is 3.46. The molecule has 1 amide bonds. The number of carbonyl (C=O) groups is 3. The van der Waals surface area contributed by atoms with Crippen LogP contribution in [0.15, 0.2) is 0 Å². The van der Waals surface area contributed by atoms with Crippen LogP contribution < -0.4 is 16.4 Å². The van der Waals surface area contributed by atoms with Crippen molar-refractivity contribution < 1.29 is 24.2 Å². The van der Waals surface area contributed by atoms with Gasteiger partial charge in [0.2, 0.25) is 5.91 Å².